The van der Waals surface area contributed by atoms with Crippen molar-refractivity contribution in [1.29, 1.82) is 5.26 Å². The van der Waals surface area contributed by atoms with Gasteiger partial charge in [0.25, 0.3) is 5.91 Å². The van der Waals surface area contributed by atoms with Crippen LogP contribution in [-0.4, -0.2) is 31.6 Å². The van der Waals surface area contributed by atoms with Gasteiger partial charge in [-0.05, 0) is 56.4 Å². The van der Waals surface area contributed by atoms with Crippen LogP contribution in [0.15, 0.2) is 30.5 Å². The standard InChI is InChI=1S/C27H26F3N5O/c1-4-17-12-18-24(33-34(3)25(18)16-10-19(28)23(30)20(29)11-16)21(5-2)35(17)26(36)15-6-7-22(32-13-15)27(14-31)8-9-27/h6-7,10-11,13,17,21H,4-5,8-9,12H2,1-3H3. The zero-order chi connectivity index (χ0) is 25.8. The lowest BCUT2D eigenvalue weighted by Crippen LogP contribution is -2.47. The number of pyridine rings is 1. The monoisotopic (exact) mass is 493 g/mol. The second kappa shape index (κ2) is 8.77. The number of amides is 1. The van der Waals surface area contributed by atoms with Crippen LogP contribution in [0.5, 0.6) is 0 Å². The van der Waals surface area contributed by atoms with Crippen molar-refractivity contribution >= 4 is 5.91 Å². The molecule has 186 valence electrons. The first-order chi connectivity index (χ1) is 17.2. The molecular weight excluding hydrogens is 467 g/mol. The number of benzene rings is 1. The van der Waals surface area contributed by atoms with Crippen LogP contribution in [0.1, 0.15) is 72.9 Å². The van der Waals surface area contributed by atoms with Gasteiger partial charge in [-0.25, -0.2) is 13.2 Å². The molecule has 0 N–H and O–H groups in total. The lowest BCUT2D eigenvalue weighted by atomic mass is 9.87. The van der Waals surface area contributed by atoms with Gasteiger partial charge < -0.3 is 4.90 Å². The fourth-order valence-electron chi connectivity index (χ4n) is 5.37. The van der Waals surface area contributed by atoms with Crippen LogP contribution in [0.3, 0.4) is 0 Å². The van der Waals surface area contributed by atoms with E-state index in [1.807, 2.05) is 18.7 Å². The molecule has 0 radical (unpaired) electrons. The summed E-state index contributed by atoms with van der Waals surface area (Å²) >= 11 is 0. The number of nitriles is 1. The van der Waals surface area contributed by atoms with Crippen LogP contribution in [-0.2, 0) is 18.9 Å². The molecule has 0 bridgehead atoms. The van der Waals surface area contributed by atoms with Crippen molar-refractivity contribution in [2.75, 3.05) is 0 Å². The van der Waals surface area contributed by atoms with Crippen LogP contribution in [0.2, 0.25) is 0 Å². The summed E-state index contributed by atoms with van der Waals surface area (Å²) in [4.78, 5) is 20.0. The summed E-state index contributed by atoms with van der Waals surface area (Å²) in [6.45, 7) is 3.95. The van der Waals surface area contributed by atoms with Crippen LogP contribution >= 0.6 is 0 Å². The second-order valence-electron chi connectivity index (χ2n) is 9.62. The average molecular weight is 494 g/mol. The summed E-state index contributed by atoms with van der Waals surface area (Å²) < 4.78 is 43.2. The molecule has 9 heteroatoms. The maximum absolute atomic E-state index is 14.0. The molecule has 2 aromatic heterocycles. The number of hydrogen-bond acceptors (Lipinski definition) is 4. The van der Waals surface area contributed by atoms with Gasteiger partial charge in [-0.2, -0.15) is 10.4 Å². The van der Waals surface area contributed by atoms with Gasteiger partial charge >= 0.3 is 0 Å². The highest BCUT2D eigenvalue weighted by Crippen LogP contribution is 2.47. The van der Waals surface area contributed by atoms with Crippen LogP contribution in [0.25, 0.3) is 11.3 Å². The minimum absolute atomic E-state index is 0.175. The summed E-state index contributed by atoms with van der Waals surface area (Å²) in [5.74, 6) is -4.20. The zero-order valence-corrected chi connectivity index (χ0v) is 20.4. The fourth-order valence-corrected chi connectivity index (χ4v) is 5.37. The Labute approximate surface area is 207 Å². The lowest BCUT2D eigenvalue weighted by molar-refractivity contribution is 0.0512. The Bertz CT molecular complexity index is 1360. The number of carbonyl (C=O) groups excluding carboxylic acids is 1. The quantitative estimate of drug-likeness (QED) is 0.447. The molecule has 3 aromatic rings. The van der Waals surface area contributed by atoms with Gasteiger partial charge in [0.1, 0.15) is 0 Å². The minimum atomic E-state index is -1.51. The van der Waals surface area contributed by atoms with E-state index >= 15 is 0 Å². The number of aryl methyl sites for hydroxylation is 1. The van der Waals surface area contributed by atoms with E-state index in [0.29, 0.717) is 41.9 Å². The Kier molecular flexibility index (Phi) is 5.86. The Morgan fingerprint density at radius 2 is 1.86 bits per heavy atom. The largest absolute Gasteiger partial charge is 0.327 e. The summed E-state index contributed by atoms with van der Waals surface area (Å²) in [7, 11) is 1.68. The summed E-state index contributed by atoms with van der Waals surface area (Å²) in [6.07, 6.45) is 4.78. The van der Waals surface area contributed by atoms with Crippen LogP contribution in [0, 0.1) is 28.8 Å². The highest BCUT2D eigenvalue weighted by atomic mass is 19.2. The molecule has 36 heavy (non-hydrogen) atoms. The number of fused-ring (bicyclic) bond motifs is 1. The van der Waals surface area contributed by atoms with E-state index in [9.17, 15) is 23.2 Å². The van der Waals surface area contributed by atoms with Crippen molar-refractivity contribution in [1.82, 2.24) is 19.7 Å². The van der Waals surface area contributed by atoms with Crippen molar-refractivity contribution in [3.05, 3.63) is 70.4 Å². The van der Waals surface area contributed by atoms with Gasteiger partial charge in [-0.1, -0.05) is 13.8 Å². The minimum Gasteiger partial charge on any atom is -0.327 e. The van der Waals surface area contributed by atoms with Gasteiger partial charge in [-0.3, -0.25) is 14.5 Å². The van der Waals surface area contributed by atoms with Crippen molar-refractivity contribution in [3.63, 3.8) is 0 Å². The molecule has 1 aromatic carbocycles. The predicted octanol–water partition coefficient (Wildman–Crippen LogP) is 5.38. The highest BCUT2D eigenvalue weighted by molar-refractivity contribution is 5.94. The molecule has 3 heterocycles. The molecule has 1 fully saturated rings. The molecule has 2 aliphatic rings. The molecule has 1 aliphatic heterocycles. The molecule has 0 spiro atoms. The number of carbonyl (C=O) groups is 1. The van der Waals surface area contributed by atoms with E-state index in [0.717, 1.165) is 30.5 Å². The van der Waals surface area contributed by atoms with E-state index in [1.165, 1.54) is 6.20 Å². The Balaban J connectivity index is 1.54. The first-order valence-corrected chi connectivity index (χ1v) is 12.2. The van der Waals surface area contributed by atoms with Gasteiger partial charge in [0, 0.05) is 30.4 Å². The number of rotatable bonds is 5. The fraction of sp³-hybridized carbons (Fsp3) is 0.407. The third-order valence-electron chi connectivity index (χ3n) is 7.48. The highest BCUT2D eigenvalue weighted by Gasteiger charge is 2.46. The molecule has 5 rings (SSSR count). The van der Waals surface area contributed by atoms with E-state index in [4.69, 9.17) is 0 Å². The summed E-state index contributed by atoms with van der Waals surface area (Å²) in [6, 6.07) is 7.24. The number of halogens is 3. The van der Waals surface area contributed by atoms with Crippen molar-refractivity contribution in [2.24, 2.45) is 7.05 Å². The van der Waals surface area contributed by atoms with Gasteiger partial charge in [0.15, 0.2) is 17.5 Å². The van der Waals surface area contributed by atoms with Gasteiger partial charge in [0.2, 0.25) is 0 Å². The van der Waals surface area contributed by atoms with Crippen molar-refractivity contribution in [3.8, 4) is 17.3 Å². The number of hydrogen-bond donors (Lipinski definition) is 0. The Hall–Kier alpha value is -3.67. The van der Waals surface area contributed by atoms with Gasteiger partial charge in [-0.15, -0.1) is 0 Å². The average Bonchev–Trinajstić information content (AvgIpc) is 3.61. The maximum atomic E-state index is 14.0. The first-order valence-electron chi connectivity index (χ1n) is 12.2. The molecule has 6 nitrogen and oxygen atoms in total. The van der Waals surface area contributed by atoms with Crippen LogP contribution in [0.4, 0.5) is 13.2 Å². The Morgan fingerprint density at radius 1 is 1.17 bits per heavy atom. The molecular formula is C27H26F3N5O. The third-order valence-corrected chi connectivity index (χ3v) is 7.48. The SMILES string of the molecule is CCC1Cc2c(nn(C)c2-c2cc(F)c(F)c(F)c2)C(CC)N1C(=O)c1ccc(C2(C#N)CC2)nc1. The molecule has 2 atom stereocenters. The molecule has 2 unspecified atom stereocenters. The number of aromatic nitrogens is 3. The normalized spacial score (nSPS) is 20.1. The van der Waals surface area contributed by atoms with E-state index < -0.39 is 22.9 Å². The van der Waals surface area contributed by atoms with Crippen molar-refractivity contribution in [2.45, 2.75) is 63.5 Å². The molecule has 1 saturated carbocycles. The summed E-state index contributed by atoms with van der Waals surface area (Å²) in [5, 5.41) is 14.1. The molecule has 1 amide bonds. The van der Waals surface area contributed by atoms with E-state index in [-0.39, 0.29) is 23.6 Å². The second-order valence-corrected chi connectivity index (χ2v) is 9.62. The summed E-state index contributed by atoms with van der Waals surface area (Å²) in [5.41, 5.74) is 2.81. The predicted molar refractivity (Wildman–Crippen MR) is 126 cm³/mol. The Morgan fingerprint density at radius 3 is 2.39 bits per heavy atom. The molecule has 1 aliphatic carbocycles. The zero-order valence-electron chi connectivity index (χ0n) is 20.4. The van der Waals surface area contributed by atoms with Gasteiger partial charge in [0.05, 0.1) is 40.2 Å². The number of nitrogens with zero attached hydrogens (tertiary/aromatic N) is 5. The van der Waals surface area contributed by atoms with E-state index in [2.05, 4.69) is 16.2 Å². The topological polar surface area (TPSA) is 74.8 Å². The van der Waals surface area contributed by atoms with Crippen LogP contribution < -0.4 is 0 Å². The van der Waals surface area contributed by atoms with Crippen molar-refractivity contribution < 1.29 is 18.0 Å². The third kappa shape index (κ3) is 3.67. The smallest absolute Gasteiger partial charge is 0.256 e. The first kappa shape index (κ1) is 24.0. The lowest BCUT2D eigenvalue weighted by Gasteiger charge is -2.41. The maximum Gasteiger partial charge on any atom is 0.256 e. The van der Waals surface area contributed by atoms with E-state index in [1.54, 1.807) is 23.9 Å². The molecule has 0 saturated heterocycles.